The Morgan fingerprint density at radius 1 is 0.938 bits per heavy atom. The first kappa shape index (κ1) is 25.3. The molecule has 0 unspecified atom stereocenters. The van der Waals surface area contributed by atoms with Gasteiger partial charge in [-0.2, -0.15) is 0 Å². The van der Waals surface area contributed by atoms with Crippen LogP contribution in [-0.2, 0) is 14.3 Å². The molecular formula is C21H27BrN4O6. The number of nitrogens with one attached hydrogen (secondary N) is 3. The van der Waals surface area contributed by atoms with Gasteiger partial charge in [-0.15, -0.1) is 0 Å². The number of nitrogens with zero attached hydrogens (tertiary/aromatic N) is 1. The summed E-state index contributed by atoms with van der Waals surface area (Å²) in [6.07, 6.45) is -0.0215. The Hall–Kier alpha value is -2.95. The molecule has 1 aromatic rings. The molecule has 0 saturated heterocycles. The number of halogens is 1. The summed E-state index contributed by atoms with van der Waals surface area (Å²) in [5.41, 5.74) is -0.0660. The number of rotatable bonds is 9. The van der Waals surface area contributed by atoms with Crippen LogP contribution in [0, 0.1) is 0 Å². The highest BCUT2D eigenvalue weighted by Gasteiger charge is 2.36. The second-order valence-electron chi connectivity index (χ2n) is 8.12. The number of hydrogen-bond acceptors (Lipinski definition) is 6. The Labute approximate surface area is 194 Å². The fourth-order valence-corrected chi connectivity index (χ4v) is 3.19. The summed E-state index contributed by atoms with van der Waals surface area (Å²) >= 11 is 3.26. The van der Waals surface area contributed by atoms with Crippen LogP contribution in [0.1, 0.15) is 54.3 Å². The highest BCUT2D eigenvalue weighted by molar-refractivity contribution is 9.10. The van der Waals surface area contributed by atoms with E-state index in [1.807, 2.05) is 0 Å². The third kappa shape index (κ3) is 7.63. The first-order chi connectivity index (χ1) is 15.0. The molecule has 0 bridgehead atoms. The van der Waals surface area contributed by atoms with E-state index in [1.54, 1.807) is 39.0 Å². The van der Waals surface area contributed by atoms with Crippen molar-refractivity contribution in [2.24, 2.45) is 0 Å². The molecule has 1 aliphatic heterocycles. The third-order valence-corrected chi connectivity index (χ3v) is 4.75. The van der Waals surface area contributed by atoms with E-state index in [0.717, 1.165) is 4.90 Å². The van der Waals surface area contributed by atoms with E-state index in [2.05, 4.69) is 31.9 Å². The fourth-order valence-electron chi connectivity index (χ4n) is 2.83. The lowest BCUT2D eigenvalue weighted by Crippen LogP contribution is -2.41. The molecule has 11 heteroatoms. The van der Waals surface area contributed by atoms with Crippen LogP contribution in [0.15, 0.2) is 22.7 Å². The lowest BCUT2D eigenvalue weighted by atomic mass is 10.1. The van der Waals surface area contributed by atoms with Crippen molar-refractivity contribution in [3.63, 3.8) is 0 Å². The minimum Gasteiger partial charge on any atom is -0.444 e. The number of alkyl carbamates (subject to hydrolysis) is 1. The highest BCUT2D eigenvalue weighted by Crippen LogP contribution is 2.25. The highest BCUT2D eigenvalue weighted by atomic mass is 79.9. The molecular weight excluding hydrogens is 484 g/mol. The Kier molecular flexibility index (Phi) is 8.76. The van der Waals surface area contributed by atoms with Crippen molar-refractivity contribution >= 4 is 45.7 Å². The Morgan fingerprint density at radius 2 is 1.56 bits per heavy atom. The van der Waals surface area contributed by atoms with Gasteiger partial charge in [0.15, 0.2) is 0 Å². The number of imide groups is 1. The van der Waals surface area contributed by atoms with Gasteiger partial charge in [-0.3, -0.25) is 24.1 Å². The SMILES string of the molecule is CC(C)(C)OC(=O)NCCC(=O)NCCCNC(=O)CN1C(=O)c2ccc(Br)cc2C1=O. The van der Waals surface area contributed by atoms with Crippen molar-refractivity contribution < 1.29 is 28.7 Å². The predicted molar refractivity (Wildman–Crippen MR) is 119 cm³/mol. The number of hydrogen-bond donors (Lipinski definition) is 3. The van der Waals surface area contributed by atoms with Gasteiger partial charge in [0, 0.05) is 30.5 Å². The van der Waals surface area contributed by atoms with Gasteiger partial charge in [-0.25, -0.2) is 4.79 Å². The van der Waals surface area contributed by atoms with Gasteiger partial charge in [0.05, 0.1) is 11.1 Å². The third-order valence-electron chi connectivity index (χ3n) is 4.25. The molecule has 0 spiro atoms. The van der Waals surface area contributed by atoms with Crippen molar-refractivity contribution in [2.45, 2.75) is 39.2 Å². The molecule has 0 aliphatic carbocycles. The number of fused-ring (bicyclic) bond motifs is 1. The first-order valence-corrected chi connectivity index (χ1v) is 10.9. The molecule has 1 aliphatic rings. The largest absolute Gasteiger partial charge is 0.444 e. The lowest BCUT2D eigenvalue weighted by molar-refractivity contribution is -0.121. The van der Waals surface area contributed by atoms with Gasteiger partial charge in [0.25, 0.3) is 11.8 Å². The van der Waals surface area contributed by atoms with Crippen molar-refractivity contribution in [2.75, 3.05) is 26.2 Å². The van der Waals surface area contributed by atoms with E-state index in [1.165, 1.54) is 0 Å². The number of amides is 5. The molecule has 10 nitrogen and oxygen atoms in total. The molecule has 2 rings (SSSR count). The maximum atomic E-state index is 12.4. The van der Waals surface area contributed by atoms with Crippen molar-refractivity contribution in [1.82, 2.24) is 20.9 Å². The van der Waals surface area contributed by atoms with E-state index >= 15 is 0 Å². The predicted octanol–water partition coefficient (Wildman–Crippen LogP) is 1.58. The van der Waals surface area contributed by atoms with E-state index in [9.17, 15) is 24.0 Å². The van der Waals surface area contributed by atoms with E-state index in [4.69, 9.17) is 4.74 Å². The second kappa shape index (κ2) is 11.1. The Morgan fingerprint density at radius 3 is 2.22 bits per heavy atom. The maximum Gasteiger partial charge on any atom is 0.407 e. The zero-order valence-corrected chi connectivity index (χ0v) is 19.8. The maximum absolute atomic E-state index is 12.4. The number of carbonyl (C=O) groups is 5. The lowest BCUT2D eigenvalue weighted by Gasteiger charge is -2.19. The van der Waals surface area contributed by atoms with E-state index < -0.39 is 29.4 Å². The van der Waals surface area contributed by atoms with Gasteiger partial charge in [0.1, 0.15) is 12.1 Å². The molecule has 0 fully saturated rings. The molecule has 1 aromatic carbocycles. The summed E-state index contributed by atoms with van der Waals surface area (Å²) < 4.78 is 5.74. The monoisotopic (exact) mass is 510 g/mol. The number of ether oxygens (including phenoxy) is 1. The van der Waals surface area contributed by atoms with Crippen LogP contribution in [-0.4, -0.2) is 66.4 Å². The average molecular weight is 511 g/mol. The number of carbonyl (C=O) groups excluding carboxylic acids is 5. The summed E-state index contributed by atoms with van der Waals surface area (Å²) in [7, 11) is 0. The summed E-state index contributed by atoms with van der Waals surface area (Å²) in [6, 6.07) is 4.76. The molecule has 32 heavy (non-hydrogen) atoms. The second-order valence-corrected chi connectivity index (χ2v) is 9.03. The number of benzene rings is 1. The van der Waals surface area contributed by atoms with Gasteiger partial charge in [-0.05, 0) is 45.4 Å². The summed E-state index contributed by atoms with van der Waals surface area (Å²) in [6.45, 7) is 5.61. The van der Waals surface area contributed by atoms with E-state index in [-0.39, 0.29) is 43.1 Å². The molecule has 0 radical (unpaired) electrons. The smallest absolute Gasteiger partial charge is 0.407 e. The van der Waals surface area contributed by atoms with Crippen LogP contribution in [0.4, 0.5) is 4.79 Å². The molecule has 1 heterocycles. The van der Waals surface area contributed by atoms with Gasteiger partial charge in [0.2, 0.25) is 11.8 Å². The van der Waals surface area contributed by atoms with Crippen LogP contribution in [0.2, 0.25) is 0 Å². The molecule has 0 aromatic heterocycles. The molecule has 5 amide bonds. The standard InChI is InChI=1S/C21H27BrN4O6/c1-21(2,3)32-20(31)25-10-7-16(27)23-8-4-9-24-17(28)12-26-18(29)14-6-5-13(22)11-15(14)19(26)30/h5-6,11H,4,7-10,12H2,1-3H3,(H,23,27)(H,24,28)(H,25,31). The fraction of sp³-hybridized carbons (Fsp3) is 0.476. The molecule has 3 N–H and O–H groups in total. The van der Waals surface area contributed by atoms with Crippen LogP contribution < -0.4 is 16.0 Å². The van der Waals surface area contributed by atoms with Crippen LogP contribution in [0.3, 0.4) is 0 Å². The van der Waals surface area contributed by atoms with Gasteiger partial charge < -0.3 is 20.7 Å². The van der Waals surface area contributed by atoms with Crippen LogP contribution >= 0.6 is 15.9 Å². The Bertz CT molecular complexity index is 912. The minimum atomic E-state index is -0.604. The van der Waals surface area contributed by atoms with Crippen LogP contribution in [0.5, 0.6) is 0 Å². The quantitative estimate of drug-likeness (QED) is 0.341. The molecule has 0 saturated carbocycles. The zero-order valence-electron chi connectivity index (χ0n) is 18.2. The average Bonchev–Trinajstić information content (AvgIpc) is 2.90. The summed E-state index contributed by atoms with van der Waals surface area (Å²) in [4.78, 5) is 61.0. The van der Waals surface area contributed by atoms with Crippen molar-refractivity contribution in [3.8, 4) is 0 Å². The minimum absolute atomic E-state index is 0.0987. The van der Waals surface area contributed by atoms with E-state index in [0.29, 0.717) is 17.4 Å². The first-order valence-electron chi connectivity index (χ1n) is 10.1. The van der Waals surface area contributed by atoms with Crippen LogP contribution in [0.25, 0.3) is 0 Å². The summed E-state index contributed by atoms with van der Waals surface area (Å²) in [5, 5.41) is 7.80. The van der Waals surface area contributed by atoms with Gasteiger partial charge in [-0.1, -0.05) is 15.9 Å². The molecule has 174 valence electrons. The van der Waals surface area contributed by atoms with Crippen molar-refractivity contribution in [3.05, 3.63) is 33.8 Å². The van der Waals surface area contributed by atoms with Crippen molar-refractivity contribution in [1.29, 1.82) is 0 Å². The Balaban J connectivity index is 1.60. The molecule has 0 atom stereocenters. The zero-order chi connectivity index (χ0) is 23.9. The topological polar surface area (TPSA) is 134 Å². The van der Waals surface area contributed by atoms with Gasteiger partial charge >= 0.3 is 6.09 Å². The normalized spacial score (nSPS) is 12.9. The summed E-state index contributed by atoms with van der Waals surface area (Å²) in [5.74, 6) is -1.72.